The average Bonchev–Trinajstić information content (AvgIpc) is 2.53. The number of aliphatic carboxylic acids is 1. The van der Waals surface area contributed by atoms with Crippen molar-refractivity contribution >= 4 is 17.7 Å². The van der Waals surface area contributed by atoms with Crippen LogP contribution < -0.4 is 11.1 Å². The molecule has 4 N–H and O–H groups in total. The summed E-state index contributed by atoms with van der Waals surface area (Å²) in [7, 11) is 0. The van der Waals surface area contributed by atoms with Crippen molar-refractivity contribution in [2.24, 2.45) is 11.7 Å². The fourth-order valence-electron chi connectivity index (χ4n) is 2.35. The van der Waals surface area contributed by atoms with Crippen molar-refractivity contribution in [3.8, 4) is 0 Å². The molecule has 0 unspecified atom stereocenters. The predicted molar refractivity (Wildman–Crippen MR) is 91.8 cm³/mol. The van der Waals surface area contributed by atoms with Gasteiger partial charge in [-0.3, -0.25) is 9.59 Å². The molecule has 0 saturated heterocycles. The molecule has 6 nitrogen and oxygen atoms in total. The fraction of sp³-hybridized carbons (Fsp3) is 0.500. The number of benzene rings is 1. The second-order valence-corrected chi connectivity index (χ2v) is 6.31. The number of amides is 1. The van der Waals surface area contributed by atoms with E-state index in [9.17, 15) is 14.4 Å². The molecular formula is C18H26N2O4. The van der Waals surface area contributed by atoms with E-state index in [0.29, 0.717) is 18.4 Å². The van der Waals surface area contributed by atoms with E-state index in [2.05, 4.69) is 5.32 Å². The second kappa shape index (κ2) is 9.17. The van der Waals surface area contributed by atoms with Gasteiger partial charge in [0.25, 0.3) is 0 Å². The number of carbonyl (C=O) groups excluding carboxylic acids is 2. The van der Waals surface area contributed by atoms with Gasteiger partial charge in [-0.05, 0) is 24.3 Å². The van der Waals surface area contributed by atoms with Gasteiger partial charge in [-0.25, -0.2) is 4.79 Å². The maximum atomic E-state index is 12.1. The lowest BCUT2D eigenvalue weighted by Gasteiger charge is -2.19. The number of carboxylic acid groups (broad SMARTS) is 1. The molecule has 1 rings (SSSR count). The molecule has 1 aromatic carbocycles. The molecule has 1 aromatic rings. The van der Waals surface area contributed by atoms with Crippen LogP contribution in [0, 0.1) is 5.92 Å². The number of carbonyl (C=O) groups is 3. The van der Waals surface area contributed by atoms with Gasteiger partial charge < -0.3 is 16.2 Å². The molecule has 0 radical (unpaired) electrons. The maximum Gasteiger partial charge on any atom is 0.326 e. The summed E-state index contributed by atoms with van der Waals surface area (Å²) in [5.41, 5.74) is 7.33. The Balaban J connectivity index is 2.65. The summed E-state index contributed by atoms with van der Waals surface area (Å²) in [5, 5.41) is 11.6. The zero-order chi connectivity index (χ0) is 18.3. The lowest BCUT2D eigenvalue weighted by Crippen LogP contribution is -2.49. The molecule has 0 bridgehead atoms. The maximum absolute atomic E-state index is 12.1. The average molecular weight is 334 g/mol. The van der Waals surface area contributed by atoms with Gasteiger partial charge in [0.1, 0.15) is 6.04 Å². The van der Waals surface area contributed by atoms with Crippen LogP contribution in [0.3, 0.4) is 0 Å². The van der Waals surface area contributed by atoms with Gasteiger partial charge in [-0.15, -0.1) is 0 Å². The summed E-state index contributed by atoms with van der Waals surface area (Å²) in [4.78, 5) is 34.9. The topological polar surface area (TPSA) is 109 Å². The number of nitrogens with one attached hydrogen (secondary N) is 1. The van der Waals surface area contributed by atoms with Gasteiger partial charge in [-0.2, -0.15) is 0 Å². The third kappa shape index (κ3) is 6.12. The highest BCUT2D eigenvalue weighted by atomic mass is 16.4. The predicted octanol–water partition coefficient (Wildman–Crippen LogP) is 1.76. The molecule has 0 heterocycles. The normalized spacial score (nSPS) is 13.4. The molecule has 0 aliphatic heterocycles. The van der Waals surface area contributed by atoms with Crippen LogP contribution in [0.25, 0.3) is 0 Å². The zero-order valence-electron chi connectivity index (χ0n) is 14.4. The van der Waals surface area contributed by atoms with Gasteiger partial charge in [-0.1, -0.05) is 45.0 Å². The number of nitrogens with two attached hydrogens (primary N) is 1. The van der Waals surface area contributed by atoms with Crippen LogP contribution in [0.15, 0.2) is 24.3 Å². The first kappa shape index (κ1) is 19.8. The van der Waals surface area contributed by atoms with E-state index in [1.165, 1.54) is 0 Å². The SMILES string of the molecule is CCC(=O)c1ccc(C[C@H](N)C(=O)N[C@@H](CC(C)C)C(=O)O)cc1. The summed E-state index contributed by atoms with van der Waals surface area (Å²) < 4.78 is 0. The molecule has 0 saturated carbocycles. The number of rotatable bonds is 9. The van der Waals surface area contributed by atoms with E-state index in [0.717, 1.165) is 5.56 Å². The highest BCUT2D eigenvalue weighted by molar-refractivity contribution is 5.95. The largest absolute Gasteiger partial charge is 0.480 e. The van der Waals surface area contributed by atoms with Gasteiger partial charge in [0.15, 0.2) is 5.78 Å². The minimum atomic E-state index is -1.06. The molecule has 6 heteroatoms. The lowest BCUT2D eigenvalue weighted by molar-refractivity contribution is -0.142. The van der Waals surface area contributed by atoms with E-state index >= 15 is 0 Å². The van der Waals surface area contributed by atoms with E-state index in [-0.39, 0.29) is 18.1 Å². The van der Waals surface area contributed by atoms with Gasteiger partial charge in [0.05, 0.1) is 6.04 Å². The lowest BCUT2D eigenvalue weighted by atomic mass is 10.0. The molecule has 0 fully saturated rings. The van der Waals surface area contributed by atoms with Gasteiger partial charge in [0, 0.05) is 12.0 Å². The van der Waals surface area contributed by atoms with Crippen molar-refractivity contribution in [2.75, 3.05) is 0 Å². The summed E-state index contributed by atoms with van der Waals surface area (Å²) in [5.74, 6) is -1.35. The van der Waals surface area contributed by atoms with Crippen LogP contribution in [0.5, 0.6) is 0 Å². The minimum Gasteiger partial charge on any atom is -0.480 e. The first-order valence-electron chi connectivity index (χ1n) is 8.15. The standard InChI is InChI=1S/C18H26N2O4/c1-4-16(21)13-7-5-12(6-8-13)10-14(19)17(22)20-15(18(23)24)9-11(2)3/h5-8,11,14-15H,4,9-10,19H2,1-3H3,(H,20,22)(H,23,24)/t14-,15-/m0/s1. The Labute approximate surface area is 142 Å². The van der Waals surface area contributed by atoms with Crippen molar-refractivity contribution in [1.29, 1.82) is 0 Å². The molecule has 1 amide bonds. The molecule has 0 aromatic heterocycles. The number of Topliss-reactive ketones (excluding diaryl/α,β-unsaturated/α-hetero) is 1. The summed E-state index contributed by atoms with van der Waals surface area (Å²) in [6, 6.07) is 5.17. The van der Waals surface area contributed by atoms with Crippen molar-refractivity contribution in [2.45, 2.75) is 52.1 Å². The Bertz CT molecular complexity index is 581. The molecule has 0 aliphatic carbocycles. The van der Waals surface area contributed by atoms with Crippen LogP contribution in [0.1, 0.15) is 49.5 Å². The van der Waals surface area contributed by atoms with Crippen molar-refractivity contribution in [3.63, 3.8) is 0 Å². The molecule has 0 aliphatic rings. The molecule has 2 atom stereocenters. The van der Waals surface area contributed by atoms with Crippen LogP contribution in [-0.4, -0.2) is 34.8 Å². The Morgan fingerprint density at radius 3 is 2.21 bits per heavy atom. The number of hydrogen-bond donors (Lipinski definition) is 3. The first-order valence-corrected chi connectivity index (χ1v) is 8.15. The van der Waals surface area contributed by atoms with E-state index in [1.54, 1.807) is 31.2 Å². The Morgan fingerprint density at radius 1 is 1.17 bits per heavy atom. The molecule has 0 spiro atoms. The van der Waals surface area contributed by atoms with E-state index in [1.807, 2.05) is 13.8 Å². The van der Waals surface area contributed by atoms with Crippen LogP contribution in [0.4, 0.5) is 0 Å². The van der Waals surface area contributed by atoms with Crippen LogP contribution in [0.2, 0.25) is 0 Å². The highest BCUT2D eigenvalue weighted by Crippen LogP contribution is 2.10. The highest BCUT2D eigenvalue weighted by Gasteiger charge is 2.24. The smallest absolute Gasteiger partial charge is 0.326 e. The van der Waals surface area contributed by atoms with Crippen molar-refractivity contribution < 1.29 is 19.5 Å². The monoisotopic (exact) mass is 334 g/mol. The molecule has 24 heavy (non-hydrogen) atoms. The molecule has 132 valence electrons. The molecular weight excluding hydrogens is 308 g/mol. The number of carboxylic acids is 1. The Hall–Kier alpha value is -2.21. The van der Waals surface area contributed by atoms with Crippen LogP contribution in [-0.2, 0) is 16.0 Å². The summed E-state index contributed by atoms with van der Waals surface area (Å²) in [6.07, 6.45) is 1.07. The Kier molecular flexibility index (Phi) is 7.58. The zero-order valence-corrected chi connectivity index (χ0v) is 14.4. The van der Waals surface area contributed by atoms with Crippen molar-refractivity contribution in [1.82, 2.24) is 5.32 Å². The van der Waals surface area contributed by atoms with Crippen LogP contribution >= 0.6 is 0 Å². The minimum absolute atomic E-state index is 0.0570. The summed E-state index contributed by atoms with van der Waals surface area (Å²) in [6.45, 7) is 5.58. The van der Waals surface area contributed by atoms with Crippen molar-refractivity contribution in [3.05, 3.63) is 35.4 Å². The second-order valence-electron chi connectivity index (χ2n) is 6.31. The van der Waals surface area contributed by atoms with E-state index < -0.39 is 24.0 Å². The summed E-state index contributed by atoms with van der Waals surface area (Å²) >= 11 is 0. The third-order valence-electron chi connectivity index (χ3n) is 3.71. The number of ketones is 1. The fourth-order valence-corrected chi connectivity index (χ4v) is 2.35. The first-order chi connectivity index (χ1) is 11.2. The van der Waals surface area contributed by atoms with Gasteiger partial charge >= 0.3 is 5.97 Å². The number of hydrogen-bond acceptors (Lipinski definition) is 4. The third-order valence-corrected chi connectivity index (χ3v) is 3.71. The Morgan fingerprint density at radius 2 is 1.75 bits per heavy atom. The van der Waals surface area contributed by atoms with Gasteiger partial charge in [0.2, 0.25) is 5.91 Å². The van der Waals surface area contributed by atoms with E-state index in [4.69, 9.17) is 10.8 Å². The quantitative estimate of drug-likeness (QED) is 0.596.